The van der Waals surface area contributed by atoms with Crippen LogP contribution in [0.3, 0.4) is 0 Å². The average Bonchev–Trinajstić information content (AvgIpc) is 2.94. The zero-order valence-corrected chi connectivity index (χ0v) is 19.6. The second-order valence-corrected chi connectivity index (χ2v) is 10.3. The molecule has 2 aromatic rings. The summed E-state index contributed by atoms with van der Waals surface area (Å²) in [6, 6.07) is 10.4. The summed E-state index contributed by atoms with van der Waals surface area (Å²) in [5.74, 6) is 1.55. The molecule has 5 rings (SSSR count). The molecule has 3 aliphatic rings. The summed E-state index contributed by atoms with van der Waals surface area (Å²) in [5.41, 5.74) is 3.57. The van der Waals surface area contributed by atoms with E-state index in [1.165, 1.54) is 0 Å². The number of carbonyl (C=O) groups is 1. The first-order chi connectivity index (χ1) is 15.3. The van der Waals surface area contributed by atoms with E-state index in [1.807, 2.05) is 11.0 Å². The number of anilines is 4. The molecule has 6 heteroatoms. The van der Waals surface area contributed by atoms with Gasteiger partial charge in [-0.25, -0.2) is 4.98 Å². The summed E-state index contributed by atoms with van der Waals surface area (Å²) in [6.45, 7) is 12.7. The largest absolute Gasteiger partial charge is 0.378 e. The molecule has 1 saturated carbocycles. The van der Waals surface area contributed by atoms with E-state index in [2.05, 4.69) is 67.2 Å². The van der Waals surface area contributed by atoms with Crippen LogP contribution < -0.4 is 15.1 Å². The van der Waals surface area contributed by atoms with Crippen molar-refractivity contribution in [3.8, 4) is 0 Å². The maximum absolute atomic E-state index is 14.3. The minimum Gasteiger partial charge on any atom is -0.378 e. The number of nitrogens with one attached hydrogen (secondary N) is 1. The van der Waals surface area contributed by atoms with Crippen LogP contribution in [0.2, 0.25) is 0 Å². The van der Waals surface area contributed by atoms with Crippen molar-refractivity contribution in [2.75, 3.05) is 41.4 Å². The first-order valence-electron chi connectivity index (χ1n) is 11.8. The molecule has 1 aromatic heterocycles. The van der Waals surface area contributed by atoms with E-state index in [9.17, 15) is 4.79 Å². The summed E-state index contributed by atoms with van der Waals surface area (Å²) in [6.07, 6.45) is 3.80. The molecule has 0 bridgehead atoms. The van der Waals surface area contributed by atoms with Gasteiger partial charge in [-0.3, -0.25) is 4.79 Å². The van der Waals surface area contributed by atoms with E-state index in [0.717, 1.165) is 67.6 Å². The number of aromatic nitrogens is 1. The number of rotatable bonds is 2. The number of hydrogen-bond acceptors (Lipinski definition) is 5. The number of nitrogens with zero attached hydrogens (tertiary/aromatic N) is 3. The van der Waals surface area contributed by atoms with Gasteiger partial charge in [0.15, 0.2) is 0 Å². The van der Waals surface area contributed by atoms with Gasteiger partial charge in [0, 0.05) is 30.5 Å². The molecule has 1 N–H and O–H groups in total. The predicted molar refractivity (Wildman–Crippen MR) is 128 cm³/mol. The van der Waals surface area contributed by atoms with Gasteiger partial charge in [-0.05, 0) is 48.4 Å². The van der Waals surface area contributed by atoms with Crippen LogP contribution in [0, 0.1) is 16.7 Å². The highest BCUT2D eigenvalue weighted by Gasteiger charge is 2.55. The maximum Gasteiger partial charge on any atom is 0.233 e. The van der Waals surface area contributed by atoms with Gasteiger partial charge in [-0.1, -0.05) is 33.8 Å². The third-order valence-electron chi connectivity index (χ3n) is 8.57. The molecule has 2 fully saturated rings. The number of hydrogen-bond donors (Lipinski definition) is 1. The van der Waals surface area contributed by atoms with Gasteiger partial charge in [0.2, 0.25) is 5.91 Å². The van der Waals surface area contributed by atoms with Crippen LogP contribution in [0.15, 0.2) is 36.5 Å². The fraction of sp³-hybridized carbons (Fsp3) is 0.538. The molecular weight excluding hydrogens is 400 g/mol. The number of fused-ring (bicyclic) bond motifs is 2. The Kier molecular flexibility index (Phi) is 5.16. The van der Waals surface area contributed by atoms with Crippen LogP contribution in [-0.4, -0.2) is 37.2 Å². The summed E-state index contributed by atoms with van der Waals surface area (Å²) in [7, 11) is 0. The van der Waals surface area contributed by atoms with Crippen LogP contribution in [-0.2, 0) is 16.1 Å². The van der Waals surface area contributed by atoms with Crippen molar-refractivity contribution in [2.24, 2.45) is 16.7 Å². The SMILES string of the molecule is C[C@H]1CC[C@@](C)(C(=O)N2Cc3cccnc3Nc3ccc(N4CCOCC4)cc32)C1(C)C. The highest BCUT2D eigenvalue weighted by atomic mass is 16.5. The van der Waals surface area contributed by atoms with Crippen molar-refractivity contribution in [2.45, 2.75) is 47.1 Å². The highest BCUT2D eigenvalue weighted by Crippen LogP contribution is 2.57. The highest BCUT2D eigenvalue weighted by molar-refractivity contribution is 6.02. The molecule has 1 amide bonds. The van der Waals surface area contributed by atoms with Gasteiger partial charge >= 0.3 is 0 Å². The second kappa shape index (κ2) is 7.77. The first-order valence-corrected chi connectivity index (χ1v) is 11.8. The van der Waals surface area contributed by atoms with E-state index in [1.54, 1.807) is 6.20 Å². The minimum absolute atomic E-state index is 0.0659. The van der Waals surface area contributed by atoms with Crippen LogP contribution >= 0.6 is 0 Å². The van der Waals surface area contributed by atoms with Crippen LogP contribution in [0.5, 0.6) is 0 Å². The van der Waals surface area contributed by atoms with E-state index in [-0.39, 0.29) is 11.3 Å². The number of ether oxygens (including phenoxy) is 1. The van der Waals surface area contributed by atoms with E-state index in [0.29, 0.717) is 12.5 Å². The second-order valence-electron chi connectivity index (χ2n) is 10.3. The number of benzene rings is 1. The molecule has 6 nitrogen and oxygen atoms in total. The molecule has 1 saturated heterocycles. The fourth-order valence-corrected chi connectivity index (χ4v) is 5.52. The lowest BCUT2D eigenvalue weighted by molar-refractivity contribution is -0.133. The van der Waals surface area contributed by atoms with Gasteiger partial charge < -0.3 is 19.9 Å². The Morgan fingerprint density at radius 1 is 1.19 bits per heavy atom. The molecule has 170 valence electrons. The van der Waals surface area contributed by atoms with Crippen LogP contribution in [0.1, 0.15) is 46.1 Å². The number of morpholine rings is 1. The Bertz CT molecular complexity index is 1030. The van der Waals surface area contributed by atoms with Crippen molar-refractivity contribution in [1.82, 2.24) is 4.98 Å². The van der Waals surface area contributed by atoms with E-state index in [4.69, 9.17) is 4.74 Å². The molecule has 1 aromatic carbocycles. The molecule has 2 aliphatic heterocycles. The van der Waals surface area contributed by atoms with E-state index >= 15 is 0 Å². The molecule has 0 radical (unpaired) electrons. The molecule has 2 atom stereocenters. The molecular formula is C26H34N4O2. The third-order valence-corrected chi connectivity index (χ3v) is 8.57. The third kappa shape index (κ3) is 3.27. The zero-order chi connectivity index (χ0) is 22.5. The number of pyridine rings is 1. The van der Waals surface area contributed by atoms with Crippen molar-refractivity contribution >= 4 is 28.8 Å². The van der Waals surface area contributed by atoms with E-state index < -0.39 is 5.41 Å². The quantitative estimate of drug-likeness (QED) is 0.723. The van der Waals surface area contributed by atoms with Crippen LogP contribution in [0.25, 0.3) is 0 Å². The number of carbonyl (C=O) groups excluding carboxylic acids is 1. The predicted octanol–water partition coefficient (Wildman–Crippen LogP) is 4.97. The zero-order valence-electron chi connectivity index (χ0n) is 19.6. The van der Waals surface area contributed by atoms with Crippen molar-refractivity contribution in [1.29, 1.82) is 0 Å². The lowest BCUT2D eigenvalue weighted by Gasteiger charge is -2.42. The lowest BCUT2D eigenvalue weighted by atomic mass is 9.65. The number of amides is 1. The Morgan fingerprint density at radius 3 is 2.69 bits per heavy atom. The normalized spacial score (nSPS) is 26.7. The van der Waals surface area contributed by atoms with Crippen molar-refractivity contribution in [3.05, 3.63) is 42.1 Å². The monoisotopic (exact) mass is 434 g/mol. The Balaban J connectivity index is 1.60. The minimum atomic E-state index is -0.411. The van der Waals surface area contributed by atoms with Crippen molar-refractivity contribution < 1.29 is 9.53 Å². The topological polar surface area (TPSA) is 57.7 Å². The summed E-state index contributed by atoms with van der Waals surface area (Å²) in [4.78, 5) is 23.3. The molecule has 32 heavy (non-hydrogen) atoms. The summed E-state index contributed by atoms with van der Waals surface area (Å²) < 4.78 is 5.54. The van der Waals surface area contributed by atoms with Gasteiger partial charge in [0.05, 0.1) is 36.5 Å². The maximum atomic E-state index is 14.3. The standard InChI is InChI=1S/C26H34N4O2/c1-18-9-10-26(4,25(18,2)3)24(31)30-17-19-6-5-11-27-23(19)28-21-8-7-20(16-22(21)30)29-12-14-32-15-13-29/h5-8,11,16,18H,9-10,12-15,17H2,1-4H3,(H,27,28)/t18-,26-/m0/s1. The van der Waals surface area contributed by atoms with Crippen molar-refractivity contribution in [3.63, 3.8) is 0 Å². The molecule has 0 spiro atoms. The Hall–Kier alpha value is -2.60. The Labute approximate surface area is 191 Å². The fourth-order valence-electron chi connectivity index (χ4n) is 5.52. The lowest BCUT2D eigenvalue weighted by Crippen LogP contribution is -2.48. The molecule has 0 unspecified atom stereocenters. The van der Waals surface area contributed by atoms with Gasteiger partial charge in [0.1, 0.15) is 5.82 Å². The molecule has 3 heterocycles. The average molecular weight is 435 g/mol. The summed E-state index contributed by atoms with van der Waals surface area (Å²) >= 11 is 0. The molecule has 1 aliphatic carbocycles. The van der Waals surface area contributed by atoms with Gasteiger partial charge in [-0.2, -0.15) is 0 Å². The Morgan fingerprint density at radius 2 is 1.97 bits per heavy atom. The van der Waals surface area contributed by atoms with Gasteiger partial charge in [0.25, 0.3) is 0 Å². The first kappa shape index (κ1) is 21.3. The summed E-state index contributed by atoms with van der Waals surface area (Å²) in [5, 5.41) is 3.50. The van der Waals surface area contributed by atoms with Gasteiger partial charge in [-0.15, -0.1) is 0 Å². The smallest absolute Gasteiger partial charge is 0.233 e. The van der Waals surface area contributed by atoms with Crippen LogP contribution in [0.4, 0.5) is 22.9 Å².